The van der Waals surface area contributed by atoms with Crippen LogP contribution in [0.15, 0.2) is 54.7 Å². The molecule has 0 radical (unpaired) electrons. The highest BCUT2D eigenvalue weighted by Crippen LogP contribution is 2.42. The average molecular weight is 516 g/mol. The van der Waals surface area contributed by atoms with Crippen molar-refractivity contribution in [2.75, 3.05) is 11.9 Å². The third-order valence-electron chi connectivity index (χ3n) is 7.89. The zero-order valence-corrected chi connectivity index (χ0v) is 22.9. The van der Waals surface area contributed by atoms with E-state index in [1.165, 1.54) is 54.6 Å². The summed E-state index contributed by atoms with van der Waals surface area (Å²) >= 11 is 5.85. The summed E-state index contributed by atoms with van der Waals surface area (Å²) in [6.07, 6.45) is 8.59. The monoisotopic (exact) mass is 515 g/mol. The van der Waals surface area contributed by atoms with Crippen LogP contribution in [0, 0.1) is 20.8 Å². The number of hydrogen-bond donors (Lipinski definition) is 2. The molecule has 1 aliphatic heterocycles. The Hall–Kier alpha value is -3.19. The molecule has 194 valence electrons. The van der Waals surface area contributed by atoms with E-state index in [4.69, 9.17) is 12.2 Å². The second-order valence-corrected chi connectivity index (χ2v) is 10.9. The van der Waals surface area contributed by atoms with Gasteiger partial charge in [0, 0.05) is 42.3 Å². The summed E-state index contributed by atoms with van der Waals surface area (Å²) in [6.45, 7) is 7.04. The van der Waals surface area contributed by atoms with Crippen LogP contribution in [0.2, 0.25) is 0 Å². The maximum atomic E-state index is 12.9. The van der Waals surface area contributed by atoms with Crippen LogP contribution in [0.5, 0.6) is 0 Å². The molecule has 2 atom stereocenters. The van der Waals surface area contributed by atoms with Gasteiger partial charge in [-0.3, -0.25) is 9.78 Å². The number of rotatable bonds is 7. The zero-order chi connectivity index (χ0) is 25.9. The van der Waals surface area contributed by atoms with Crippen LogP contribution in [0.3, 0.4) is 0 Å². The fraction of sp³-hybridized carbons (Fsp3) is 0.433. The minimum absolute atomic E-state index is 0.0145. The van der Waals surface area contributed by atoms with Crippen molar-refractivity contribution in [3.05, 3.63) is 82.9 Å². The lowest BCUT2D eigenvalue weighted by atomic mass is 9.94. The van der Waals surface area contributed by atoms with Crippen LogP contribution < -0.4 is 10.6 Å². The molecule has 1 saturated heterocycles. The summed E-state index contributed by atoms with van der Waals surface area (Å²) in [5, 5.41) is 7.24. The smallest absolute Gasteiger partial charge is 0.226 e. The SMILES string of the molecule is Cc1ccc(NC(=O)CCN2C(=S)N[C@@H](c3ccccn3)[C@@H]2c2cc(C)n(C3CCCCC3)c2C)cc1. The Morgan fingerprint density at radius 2 is 1.84 bits per heavy atom. The van der Waals surface area contributed by atoms with Gasteiger partial charge in [-0.15, -0.1) is 0 Å². The van der Waals surface area contributed by atoms with E-state index in [0.29, 0.717) is 24.1 Å². The van der Waals surface area contributed by atoms with E-state index in [1.807, 2.05) is 49.5 Å². The molecule has 7 heteroatoms. The van der Waals surface area contributed by atoms with E-state index in [1.54, 1.807) is 0 Å². The van der Waals surface area contributed by atoms with Crippen molar-refractivity contribution in [2.45, 2.75) is 77.4 Å². The van der Waals surface area contributed by atoms with E-state index >= 15 is 0 Å². The molecule has 2 aromatic heterocycles. The van der Waals surface area contributed by atoms with Gasteiger partial charge in [-0.25, -0.2) is 0 Å². The highest BCUT2D eigenvalue weighted by Gasteiger charge is 2.41. The fourth-order valence-electron chi connectivity index (χ4n) is 6.07. The summed E-state index contributed by atoms with van der Waals surface area (Å²) in [4.78, 5) is 19.7. The summed E-state index contributed by atoms with van der Waals surface area (Å²) in [5.74, 6) is -0.0145. The first-order valence-electron chi connectivity index (χ1n) is 13.5. The Morgan fingerprint density at radius 1 is 1.08 bits per heavy atom. The first kappa shape index (κ1) is 25.5. The predicted molar refractivity (Wildman–Crippen MR) is 153 cm³/mol. The highest BCUT2D eigenvalue weighted by atomic mass is 32.1. The molecule has 1 saturated carbocycles. The van der Waals surface area contributed by atoms with Crippen LogP contribution in [0.4, 0.5) is 5.69 Å². The Labute approximate surface area is 225 Å². The molecule has 1 aromatic carbocycles. The second kappa shape index (κ2) is 11.1. The van der Waals surface area contributed by atoms with Crippen LogP contribution in [0.1, 0.15) is 84.9 Å². The van der Waals surface area contributed by atoms with Crippen LogP contribution in [-0.2, 0) is 4.79 Å². The number of nitrogens with one attached hydrogen (secondary N) is 2. The number of aromatic nitrogens is 2. The molecule has 2 fully saturated rings. The zero-order valence-electron chi connectivity index (χ0n) is 22.0. The van der Waals surface area contributed by atoms with Crippen molar-refractivity contribution in [3.63, 3.8) is 0 Å². The number of pyridine rings is 1. The molecule has 0 unspecified atom stereocenters. The molecule has 0 spiro atoms. The van der Waals surface area contributed by atoms with E-state index < -0.39 is 0 Å². The minimum atomic E-state index is -0.0748. The van der Waals surface area contributed by atoms with Crippen LogP contribution in [-0.4, -0.2) is 32.0 Å². The van der Waals surface area contributed by atoms with Gasteiger partial charge in [0.15, 0.2) is 5.11 Å². The quantitative estimate of drug-likeness (QED) is 0.361. The lowest BCUT2D eigenvalue weighted by Gasteiger charge is -2.29. The molecule has 1 amide bonds. The molecule has 5 rings (SSSR count). The van der Waals surface area contributed by atoms with E-state index in [9.17, 15) is 4.79 Å². The molecule has 0 bridgehead atoms. The number of nitrogens with zero attached hydrogens (tertiary/aromatic N) is 3. The summed E-state index contributed by atoms with van der Waals surface area (Å²) < 4.78 is 2.55. The van der Waals surface area contributed by atoms with Crippen molar-refractivity contribution in [1.82, 2.24) is 19.8 Å². The summed E-state index contributed by atoms with van der Waals surface area (Å²) in [7, 11) is 0. The first-order valence-corrected chi connectivity index (χ1v) is 13.9. The number of carbonyl (C=O) groups is 1. The molecule has 3 heterocycles. The molecule has 6 nitrogen and oxygen atoms in total. The number of hydrogen-bond acceptors (Lipinski definition) is 3. The molecular weight excluding hydrogens is 478 g/mol. The third-order valence-corrected chi connectivity index (χ3v) is 8.25. The van der Waals surface area contributed by atoms with Gasteiger partial charge in [-0.2, -0.15) is 0 Å². The lowest BCUT2D eigenvalue weighted by Crippen LogP contribution is -2.33. The van der Waals surface area contributed by atoms with E-state index in [0.717, 1.165) is 11.4 Å². The largest absolute Gasteiger partial charge is 0.352 e. The number of thiocarbonyl (C=S) groups is 1. The van der Waals surface area contributed by atoms with E-state index in [-0.39, 0.29) is 18.0 Å². The average Bonchev–Trinajstić information content (AvgIpc) is 3.39. The number of amides is 1. The van der Waals surface area contributed by atoms with Gasteiger partial charge in [0.25, 0.3) is 0 Å². The van der Waals surface area contributed by atoms with Gasteiger partial charge < -0.3 is 20.1 Å². The fourth-order valence-corrected chi connectivity index (χ4v) is 6.40. The van der Waals surface area contributed by atoms with Crippen LogP contribution >= 0.6 is 12.2 Å². The lowest BCUT2D eigenvalue weighted by molar-refractivity contribution is -0.116. The normalized spacial score (nSPS) is 20.2. The van der Waals surface area contributed by atoms with Crippen molar-refractivity contribution in [2.24, 2.45) is 0 Å². The van der Waals surface area contributed by atoms with Crippen LogP contribution in [0.25, 0.3) is 0 Å². The number of carbonyl (C=O) groups excluding carboxylic acids is 1. The molecular formula is C30H37N5OS. The van der Waals surface area contributed by atoms with Crippen molar-refractivity contribution in [1.29, 1.82) is 0 Å². The Bertz CT molecular complexity index is 1250. The van der Waals surface area contributed by atoms with Gasteiger partial charge in [0.05, 0.1) is 17.8 Å². The standard InChI is InChI=1S/C30H37N5OS/c1-20-12-14-23(15-13-20)32-27(36)16-18-34-29(28(33-30(34)37)26-11-7-8-17-31-26)25-19-21(2)35(22(25)3)24-9-5-4-6-10-24/h7-8,11-15,17,19,24,28-29H,4-6,9-10,16,18H2,1-3H3,(H,32,36)(H,33,37)/t28-,29-/m0/s1. The Kier molecular flexibility index (Phi) is 7.60. The van der Waals surface area contributed by atoms with Gasteiger partial charge >= 0.3 is 0 Å². The van der Waals surface area contributed by atoms with Crippen molar-refractivity contribution in [3.8, 4) is 0 Å². The van der Waals surface area contributed by atoms with Crippen molar-refractivity contribution < 1.29 is 4.79 Å². The summed E-state index contributed by atoms with van der Waals surface area (Å²) in [6, 6.07) is 16.7. The van der Waals surface area contributed by atoms with E-state index in [2.05, 4.69) is 51.1 Å². The maximum absolute atomic E-state index is 12.9. The highest BCUT2D eigenvalue weighted by molar-refractivity contribution is 7.80. The van der Waals surface area contributed by atoms with Gasteiger partial charge in [-0.1, -0.05) is 43.0 Å². The van der Waals surface area contributed by atoms with Gasteiger partial charge in [-0.05, 0) is 81.7 Å². The number of aryl methyl sites for hydroxylation is 2. The predicted octanol–water partition coefficient (Wildman–Crippen LogP) is 6.31. The number of benzene rings is 1. The molecule has 2 N–H and O–H groups in total. The van der Waals surface area contributed by atoms with Gasteiger partial charge in [0.2, 0.25) is 5.91 Å². The molecule has 1 aliphatic carbocycles. The third kappa shape index (κ3) is 5.42. The second-order valence-electron chi connectivity index (χ2n) is 10.5. The Morgan fingerprint density at radius 3 is 2.54 bits per heavy atom. The van der Waals surface area contributed by atoms with Crippen molar-refractivity contribution >= 4 is 28.9 Å². The molecule has 3 aromatic rings. The number of anilines is 1. The Balaban J connectivity index is 1.42. The van der Waals surface area contributed by atoms with Gasteiger partial charge in [0.1, 0.15) is 0 Å². The topological polar surface area (TPSA) is 62.2 Å². The first-order chi connectivity index (χ1) is 17.9. The molecule has 2 aliphatic rings. The molecule has 37 heavy (non-hydrogen) atoms. The minimum Gasteiger partial charge on any atom is -0.352 e. The maximum Gasteiger partial charge on any atom is 0.226 e. The summed E-state index contributed by atoms with van der Waals surface area (Å²) in [5.41, 5.74) is 6.82.